The van der Waals surface area contributed by atoms with Crippen LogP contribution in [0.3, 0.4) is 0 Å². The van der Waals surface area contributed by atoms with Crippen molar-refractivity contribution in [1.29, 1.82) is 0 Å². The highest BCUT2D eigenvalue weighted by molar-refractivity contribution is 5.45. The first-order chi connectivity index (χ1) is 7.69. The molecular weight excluding hydrogens is 200 g/mol. The minimum Gasteiger partial charge on any atom is -0.497 e. The highest BCUT2D eigenvalue weighted by atomic mass is 16.5. The average Bonchev–Trinajstić information content (AvgIpc) is 2.30. The summed E-state index contributed by atoms with van der Waals surface area (Å²) < 4.78 is 10.7. The summed E-state index contributed by atoms with van der Waals surface area (Å²) in [5.74, 6) is 1.79. The zero-order valence-corrected chi connectivity index (χ0v) is 11.0. The van der Waals surface area contributed by atoms with Gasteiger partial charge in [-0.15, -0.1) is 0 Å². The van der Waals surface area contributed by atoms with Gasteiger partial charge in [0.05, 0.1) is 7.11 Å². The zero-order chi connectivity index (χ0) is 12.6. The number of rotatable bonds is 4. The van der Waals surface area contributed by atoms with Gasteiger partial charge < -0.3 is 9.47 Å². The van der Waals surface area contributed by atoms with Gasteiger partial charge in [0.15, 0.2) is 0 Å². The Hall–Kier alpha value is -1.44. The van der Waals surface area contributed by atoms with E-state index in [-0.39, 0.29) is 0 Å². The predicted molar refractivity (Wildman–Crippen MR) is 69.5 cm³/mol. The van der Waals surface area contributed by atoms with E-state index in [0.717, 1.165) is 22.6 Å². The van der Waals surface area contributed by atoms with Crippen molar-refractivity contribution in [2.24, 2.45) is 0 Å². The highest BCUT2D eigenvalue weighted by Gasteiger charge is 2.05. The molecule has 0 aromatic heterocycles. The maximum Gasteiger partial charge on any atom is 0.125 e. The molecule has 1 aromatic carbocycles. The second-order valence-electron chi connectivity index (χ2n) is 3.19. The van der Waals surface area contributed by atoms with E-state index < -0.39 is 0 Å². The first-order valence-corrected chi connectivity index (χ1v) is 5.58. The molecule has 90 valence electrons. The minimum absolute atomic E-state index is 0.536. The van der Waals surface area contributed by atoms with Crippen LogP contribution in [0.5, 0.6) is 11.5 Å². The van der Waals surface area contributed by atoms with Crippen LogP contribution in [-0.4, -0.2) is 13.7 Å². The Morgan fingerprint density at radius 3 is 2.06 bits per heavy atom. The largest absolute Gasteiger partial charge is 0.497 e. The minimum atomic E-state index is 0.536. The average molecular weight is 222 g/mol. The number of methoxy groups -OCH3 is 1. The molecule has 0 spiro atoms. The van der Waals surface area contributed by atoms with Crippen LogP contribution in [0.15, 0.2) is 24.8 Å². The summed E-state index contributed by atoms with van der Waals surface area (Å²) in [7, 11) is 1.67. The first kappa shape index (κ1) is 14.6. The van der Waals surface area contributed by atoms with Crippen molar-refractivity contribution >= 4 is 0 Å². The van der Waals surface area contributed by atoms with Crippen LogP contribution in [0.1, 0.15) is 25.0 Å². The molecule has 0 atom stereocenters. The number of ether oxygens (including phenoxy) is 2. The third-order valence-electron chi connectivity index (χ3n) is 2.02. The number of hydrogen-bond acceptors (Lipinski definition) is 2. The molecule has 0 saturated carbocycles. The molecule has 0 aliphatic heterocycles. The SMILES string of the molecule is C=CCOc1c(C)cc(OC)cc1C.CC. The molecule has 0 bridgehead atoms. The van der Waals surface area contributed by atoms with Gasteiger partial charge in [0.25, 0.3) is 0 Å². The Balaban J connectivity index is 0.00000106. The van der Waals surface area contributed by atoms with Crippen molar-refractivity contribution in [2.45, 2.75) is 27.7 Å². The summed E-state index contributed by atoms with van der Waals surface area (Å²) in [6.45, 7) is 12.2. The molecule has 0 unspecified atom stereocenters. The van der Waals surface area contributed by atoms with Gasteiger partial charge in [0.2, 0.25) is 0 Å². The normalized spacial score (nSPS) is 8.81. The van der Waals surface area contributed by atoms with Crippen LogP contribution in [0.25, 0.3) is 0 Å². The van der Waals surface area contributed by atoms with Crippen molar-refractivity contribution in [3.05, 3.63) is 35.9 Å². The molecule has 2 heteroatoms. The fourth-order valence-corrected chi connectivity index (χ4v) is 1.40. The van der Waals surface area contributed by atoms with Crippen molar-refractivity contribution in [1.82, 2.24) is 0 Å². The standard InChI is InChI=1S/C12H16O2.C2H6/c1-5-6-14-12-9(2)7-11(13-4)8-10(12)3;1-2/h5,7-8H,1,6H2,2-4H3;1-2H3. The van der Waals surface area contributed by atoms with Crippen LogP contribution in [-0.2, 0) is 0 Å². The Labute approximate surface area is 98.9 Å². The maximum absolute atomic E-state index is 5.54. The molecule has 0 saturated heterocycles. The quantitative estimate of drug-likeness (QED) is 0.719. The lowest BCUT2D eigenvalue weighted by atomic mass is 10.1. The summed E-state index contributed by atoms with van der Waals surface area (Å²) in [6, 6.07) is 3.93. The third kappa shape index (κ3) is 3.97. The summed E-state index contributed by atoms with van der Waals surface area (Å²) >= 11 is 0. The lowest BCUT2D eigenvalue weighted by Crippen LogP contribution is -1.98. The van der Waals surface area contributed by atoms with Gasteiger partial charge in [-0.1, -0.05) is 26.5 Å². The van der Waals surface area contributed by atoms with E-state index in [4.69, 9.17) is 9.47 Å². The van der Waals surface area contributed by atoms with Crippen LogP contribution in [0.4, 0.5) is 0 Å². The molecule has 0 aliphatic carbocycles. The molecule has 1 aromatic rings. The second kappa shape index (κ2) is 7.80. The van der Waals surface area contributed by atoms with Gasteiger partial charge >= 0.3 is 0 Å². The molecule has 0 fully saturated rings. The monoisotopic (exact) mass is 222 g/mol. The summed E-state index contributed by atoms with van der Waals surface area (Å²) in [4.78, 5) is 0. The molecule has 16 heavy (non-hydrogen) atoms. The van der Waals surface area contributed by atoms with E-state index in [1.807, 2.05) is 39.8 Å². The van der Waals surface area contributed by atoms with E-state index in [0.29, 0.717) is 6.61 Å². The lowest BCUT2D eigenvalue weighted by molar-refractivity contribution is 0.355. The van der Waals surface area contributed by atoms with Crippen molar-refractivity contribution in [3.63, 3.8) is 0 Å². The van der Waals surface area contributed by atoms with Gasteiger partial charge in [0.1, 0.15) is 18.1 Å². The summed E-state index contributed by atoms with van der Waals surface area (Å²) in [5.41, 5.74) is 2.17. The van der Waals surface area contributed by atoms with Crippen molar-refractivity contribution in [3.8, 4) is 11.5 Å². The molecule has 2 nitrogen and oxygen atoms in total. The van der Waals surface area contributed by atoms with Crippen molar-refractivity contribution < 1.29 is 9.47 Å². The fraction of sp³-hybridized carbons (Fsp3) is 0.429. The highest BCUT2D eigenvalue weighted by Crippen LogP contribution is 2.28. The molecule has 0 N–H and O–H groups in total. The molecular formula is C14H22O2. The lowest BCUT2D eigenvalue weighted by Gasteiger charge is -2.12. The number of aryl methyl sites for hydroxylation is 2. The number of hydrogen-bond donors (Lipinski definition) is 0. The topological polar surface area (TPSA) is 18.5 Å². The molecule has 0 radical (unpaired) electrons. The number of benzene rings is 1. The summed E-state index contributed by atoms with van der Waals surface area (Å²) in [6.07, 6.45) is 1.74. The van der Waals surface area contributed by atoms with E-state index in [1.54, 1.807) is 13.2 Å². The zero-order valence-electron chi connectivity index (χ0n) is 11.0. The Bertz CT molecular complexity index is 307. The molecule has 0 amide bonds. The van der Waals surface area contributed by atoms with Crippen LogP contribution < -0.4 is 9.47 Å². The van der Waals surface area contributed by atoms with E-state index in [2.05, 4.69) is 6.58 Å². The molecule has 0 aliphatic rings. The Kier molecular flexibility index (Phi) is 7.10. The van der Waals surface area contributed by atoms with Gasteiger partial charge in [-0.2, -0.15) is 0 Å². The Morgan fingerprint density at radius 2 is 1.69 bits per heavy atom. The Morgan fingerprint density at radius 1 is 1.19 bits per heavy atom. The molecule has 1 rings (SSSR count). The first-order valence-electron chi connectivity index (χ1n) is 5.58. The van der Waals surface area contributed by atoms with Gasteiger partial charge in [-0.25, -0.2) is 0 Å². The van der Waals surface area contributed by atoms with Crippen LogP contribution in [0.2, 0.25) is 0 Å². The van der Waals surface area contributed by atoms with Crippen molar-refractivity contribution in [2.75, 3.05) is 13.7 Å². The second-order valence-corrected chi connectivity index (χ2v) is 3.19. The predicted octanol–water partition coefficient (Wildman–Crippen LogP) is 3.90. The van der Waals surface area contributed by atoms with E-state index in [1.165, 1.54) is 0 Å². The van der Waals surface area contributed by atoms with E-state index >= 15 is 0 Å². The van der Waals surface area contributed by atoms with Crippen LogP contribution in [0, 0.1) is 13.8 Å². The molecule has 0 heterocycles. The third-order valence-corrected chi connectivity index (χ3v) is 2.02. The maximum atomic E-state index is 5.54. The smallest absolute Gasteiger partial charge is 0.125 e. The van der Waals surface area contributed by atoms with Gasteiger partial charge in [-0.3, -0.25) is 0 Å². The fourth-order valence-electron chi connectivity index (χ4n) is 1.40. The van der Waals surface area contributed by atoms with E-state index in [9.17, 15) is 0 Å². The summed E-state index contributed by atoms with van der Waals surface area (Å²) in [5, 5.41) is 0. The van der Waals surface area contributed by atoms with Gasteiger partial charge in [0, 0.05) is 0 Å². The van der Waals surface area contributed by atoms with Crippen LogP contribution >= 0.6 is 0 Å². The van der Waals surface area contributed by atoms with Gasteiger partial charge in [-0.05, 0) is 37.1 Å².